The molecule has 0 saturated carbocycles. The molecule has 1 aromatic heterocycles. The second-order valence-electron chi connectivity index (χ2n) is 5.50. The van der Waals surface area contributed by atoms with Crippen LogP contribution in [0.5, 0.6) is 5.75 Å². The first-order valence-corrected chi connectivity index (χ1v) is 8.68. The predicted molar refractivity (Wildman–Crippen MR) is 88.0 cm³/mol. The van der Waals surface area contributed by atoms with Crippen molar-refractivity contribution in [2.24, 2.45) is 7.05 Å². The van der Waals surface area contributed by atoms with Gasteiger partial charge in [-0.2, -0.15) is 0 Å². The van der Waals surface area contributed by atoms with E-state index in [9.17, 15) is 13.5 Å². The van der Waals surface area contributed by atoms with Crippen LogP contribution in [0.15, 0.2) is 35.4 Å². The van der Waals surface area contributed by atoms with E-state index in [1.807, 2.05) is 13.8 Å². The number of hydrogen-bond donors (Lipinski definition) is 2. The molecule has 126 valence electrons. The van der Waals surface area contributed by atoms with Gasteiger partial charge in [0.1, 0.15) is 16.7 Å². The Morgan fingerprint density at radius 3 is 2.52 bits per heavy atom. The maximum Gasteiger partial charge on any atom is 0.244 e. The topological polar surface area (TPSA) is 80.6 Å². The summed E-state index contributed by atoms with van der Waals surface area (Å²) < 4.78 is 34.4. The van der Waals surface area contributed by atoms with E-state index in [1.54, 1.807) is 42.1 Å². The van der Waals surface area contributed by atoms with Gasteiger partial charge in [-0.1, -0.05) is 0 Å². The summed E-state index contributed by atoms with van der Waals surface area (Å²) in [6.45, 7) is 3.61. The fourth-order valence-corrected chi connectivity index (χ4v) is 3.60. The van der Waals surface area contributed by atoms with Crippen LogP contribution < -0.4 is 9.46 Å². The lowest BCUT2D eigenvalue weighted by atomic mass is 10.1. The van der Waals surface area contributed by atoms with Crippen LogP contribution in [0.1, 0.15) is 22.9 Å². The normalized spacial score (nSPS) is 13.1. The first-order valence-electron chi connectivity index (χ1n) is 7.20. The van der Waals surface area contributed by atoms with E-state index in [0.717, 1.165) is 11.1 Å². The van der Waals surface area contributed by atoms with E-state index >= 15 is 0 Å². The number of ether oxygens (including phenoxy) is 1. The molecule has 0 radical (unpaired) electrons. The number of aliphatic hydroxyl groups is 1. The lowest BCUT2D eigenvalue weighted by molar-refractivity contribution is 0.173. The number of nitrogens with one attached hydrogen (secondary N) is 1. The summed E-state index contributed by atoms with van der Waals surface area (Å²) in [7, 11) is -0.562. The van der Waals surface area contributed by atoms with Gasteiger partial charge >= 0.3 is 0 Å². The number of aliphatic hydroxyl groups excluding tert-OH is 1. The third kappa shape index (κ3) is 3.74. The summed E-state index contributed by atoms with van der Waals surface area (Å²) in [6, 6.07) is 6.80. The molecule has 2 rings (SSSR count). The van der Waals surface area contributed by atoms with E-state index in [0.29, 0.717) is 5.69 Å². The summed E-state index contributed by atoms with van der Waals surface area (Å²) in [4.78, 5) is 0.0715. The van der Waals surface area contributed by atoms with Crippen LogP contribution in [0.4, 0.5) is 0 Å². The van der Waals surface area contributed by atoms with Gasteiger partial charge in [-0.25, -0.2) is 13.1 Å². The quantitative estimate of drug-likeness (QED) is 0.839. The van der Waals surface area contributed by atoms with E-state index in [-0.39, 0.29) is 17.2 Å². The van der Waals surface area contributed by atoms with E-state index in [1.165, 1.54) is 7.11 Å². The first kappa shape index (κ1) is 17.5. The Morgan fingerprint density at radius 2 is 1.96 bits per heavy atom. The molecule has 0 aliphatic heterocycles. The highest BCUT2D eigenvalue weighted by Crippen LogP contribution is 2.27. The average Bonchev–Trinajstić information content (AvgIpc) is 2.93. The lowest BCUT2D eigenvalue weighted by Crippen LogP contribution is -2.29. The minimum atomic E-state index is -3.79. The SMILES string of the molecule is COc1cc(C)c(C)cc1S(=O)(=O)NC[C@H](O)c1cccn1C. The Hall–Kier alpha value is -1.83. The van der Waals surface area contributed by atoms with Crippen LogP contribution >= 0.6 is 0 Å². The van der Waals surface area contributed by atoms with Gasteiger partial charge in [0.05, 0.1) is 7.11 Å². The Kier molecular flexibility index (Phi) is 5.13. The molecule has 1 aromatic carbocycles. The summed E-state index contributed by atoms with van der Waals surface area (Å²) in [6.07, 6.45) is 0.863. The Morgan fingerprint density at radius 1 is 1.30 bits per heavy atom. The van der Waals surface area contributed by atoms with Crippen molar-refractivity contribution in [3.63, 3.8) is 0 Å². The third-order valence-corrected chi connectivity index (χ3v) is 5.31. The molecule has 7 heteroatoms. The molecule has 2 N–H and O–H groups in total. The maximum atomic E-state index is 12.5. The maximum absolute atomic E-state index is 12.5. The molecule has 0 aliphatic rings. The summed E-state index contributed by atoms with van der Waals surface area (Å²) >= 11 is 0. The number of sulfonamides is 1. The number of aromatic nitrogens is 1. The molecule has 1 heterocycles. The van der Waals surface area contributed by atoms with Crippen molar-refractivity contribution in [1.82, 2.24) is 9.29 Å². The number of aryl methyl sites for hydroxylation is 3. The number of benzene rings is 1. The lowest BCUT2D eigenvalue weighted by Gasteiger charge is -2.16. The van der Waals surface area contributed by atoms with Gasteiger partial charge in [-0.05, 0) is 49.2 Å². The predicted octanol–water partition coefficient (Wildman–Crippen LogP) is 1.66. The summed E-state index contributed by atoms with van der Waals surface area (Å²) in [5.74, 6) is 0.286. The van der Waals surface area contributed by atoms with Gasteiger partial charge in [0.25, 0.3) is 0 Å². The van der Waals surface area contributed by atoms with E-state index in [4.69, 9.17) is 4.74 Å². The van der Waals surface area contributed by atoms with Crippen molar-refractivity contribution in [2.75, 3.05) is 13.7 Å². The number of hydrogen-bond acceptors (Lipinski definition) is 4. The average molecular weight is 338 g/mol. The van der Waals surface area contributed by atoms with Crippen molar-refractivity contribution in [3.05, 3.63) is 47.3 Å². The molecule has 0 unspecified atom stereocenters. The van der Waals surface area contributed by atoms with Gasteiger partial charge in [0.2, 0.25) is 10.0 Å². The van der Waals surface area contributed by atoms with Crippen molar-refractivity contribution in [1.29, 1.82) is 0 Å². The van der Waals surface area contributed by atoms with Crippen LogP contribution in [-0.2, 0) is 17.1 Å². The fourth-order valence-electron chi connectivity index (χ4n) is 2.32. The van der Waals surface area contributed by atoms with Crippen LogP contribution in [0, 0.1) is 13.8 Å². The Labute approximate surface area is 136 Å². The van der Waals surface area contributed by atoms with E-state index < -0.39 is 16.1 Å². The molecule has 0 fully saturated rings. The minimum absolute atomic E-state index is 0.0715. The van der Waals surface area contributed by atoms with Gasteiger partial charge in [-0.15, -0.1) is 0 Å². The Balaban J connectivity index is 2.23. The zero-order valence-electron chi connectivity index (χ0n) is 13.7. The van der Waals surface area contributed by atoms with Gasteiger partial charge in [-0.3, -0.25) is 0 Å². The van der Waals surface area contributed by atoms with Crippen LogP contribution in [-0.4, -0.2) is 31.7 Å². The second-order valence-corrected chi connectivity index (χ2v) is 7.23. The molecule has 0 aliphatic carbocycles. The molecule has 23 heavy (non-hydrogen) atoms. The molecule has 0 spiro atoms. The highest BCUT2D eigenvalue weighted by molar-refractivity contribution is 7.89. The van der Waals surface area contributed by atoms with Gasteiger partial charge in [0, 0.05) is 25.5 Å². The monoisotopic (exact) mass is 338 g/mol. The van der Waals surface area contributed by atoms with Gasteiger partial charge in [0.15, 0.2) is 0 Å². The standard InChI is InChI=1S/C16H22N2O4S/c1-11-8-15(22-4)16(9-12(11)2)23(20,21)17-10-14(19)13-6-5-7-18(13)3/h5-9,14,17,19H,10H2,1-4H3/t14-/m0/s1. The third-order valence-electron chi connectivity index (χ3n) is 3.86. The zero-order chi connectivity index (χ0) is 17.2. The fraction of sp³-hybridized carbons (Fsp3) is 0.375. The number of methoxy groups -OCH3 is 1. The number of nitrogens with zero attached hydrogens (tertiary/aromatic N) is 1. The molecular weight excluding hydrogens is 316 g/mol. The summed E-state index contributed by atoms with van der Waals surface area (Å²) in [5.41, 5.74) is 2.44. The van der Waals surface area contributed by atoms with E-state index in [2.05, 4.69) is 4.72 Å². The largest absolute Gasteiger partial charge is 0.495 e. The van der Waals surface area contributed by atoms with Crippen LogP contribution in [0.3, 0.4) is 0 Å². The smallest absolute Gasteiger partial charge is 0.244 e. The van der Waals surface area contributed by atoms with Crippen molar-refractivity contribution >= 4 is 10.0 Å². The van der Waals surface area contributed by atoms with Crippen LogP contribution in [0.25, 0.3) is 0 Å². The van der Waals surface area contributed by atoms with Gasteiger partial charge < -0.3 is 14.4 Å². The highest BCUT2D eigenvalue weighted by atomic mass is 32.2. The number of rotatable bonds is 6. The highest BCUT2D eigenvalue weighted by Gasteiger charge is 2.22. The molecule has 0 bridgehead atoms. The Bertz CT molecular complexity index is 796. The molecule has 0 amide bonds. The molecular formula is C16H22N2O4S. The summed E-state index contributed by atoms with van der Waals surface area (Å²) in [5, 5.41) is 10.1. The molecule has 6 nitrogen and oxygen atoms in total. The van der Waals surface area contributed by atoms with Crippen LogP contribution in [0.2, 0.25) is 0 Å². The second kappa shape index (κ2) is 6.74. The first-order chi connectivity index (χ1) is 10.8. The molecule has 0 saturated heterocycles. The molecule has 2 aromatic rings. The van der Waals surface area contributed by atoms with Crippen molar-refractivity contribution in [3.8, 4) is 5.75 Å². The van der Waals surface area contributed by atoms with Crippen molar-refractivity contribution in [2.45, 2.75) is 24.8 Å². The van der Waals surface area contributed by atoms with Crippen molar-refractivity contribution < 1.29 is 18.3 Å². The molecule has 1 atom stereocenters. The minimum Gasteiger partial charge on any atom is -0.495 e. The zero-order valence-corrected chi connectivity index (χ0v) is 14.5.